The third-order valence-electron chi connectivity index (χ3n) is 2.13. The maximum Gasteiger partial charge on any atom is 0.321 e. The summed E-state index contributed by atoms with van der Waals surface area (Å²) in [5.41, 5.74) is 0. The number of nitrogens with zero attached hydrogens (tertiary/aromatic N) is 2. The molecule has 0 aliphatic carbocycles. The Bertz CT molecular complexity index is 442. The number of nitrogens with one attached hydrogen (secondary N) is 1. The topological polar surface area (TPSA) is 60.2 Å². The van der Waals surface area contributed by atoms with Crippen LogP contribution in [0.1, 0.15) is 12.7 Å². The Morgan fingerprint density at radius 2 is 2.12 bits per heavy atom. The minimum Gasteiger partial charge on any atom is -0.493 e. The van der Waals surface area contributed by atoms with Crippen LogP contribution in [0.5, 0.6) is 5.75 Å². The molecule has 0 saturated carbocycles. The Labute approximate surface area is 99.8 Å². The fourth-order valence-corrected chi connectivity index (χ4v) is 1.36. The van der Waals surface area contributed by atoms with Gasteiger partial charge in [0.25, 0.3) is 0 Å². The van der Waals surface area contributed by atoms with Crippen molar-refractivity contribution in [2.45, 2.75) is 13.3 Å². The molecule has 1 aromatic carbocycles. The molecule has 5 nitrogen and oxygen atoms in total. The highest BCUT2D eigenvalue weighted by atomic mass is 16.5. The second kappa shape index (κ2) is 5.89. The second-order valence-electron chi connectivity index (χ2n) is 3.46. The Hall–Kier alpha value is -2.04. The van der Waals surface area contributed by atoms with Crippen molar-refractivity contribution >= 4 is 6.01 Å². The Morgan fingerprint density at radius 3 is 2.88 bits per heavy atom. The van der Waals surface area contributed by atoms with E-state index < -0.39 is 0 Å². The zero-order valence-electron chi connectivity index (χ0n) is 9.72. The smallest absolute Gasteiger partial charge is 0.321 e. The molecule has 0 aliphatic heterocycles. The van der Waals surface area contributed by atoms with Crippen LogP contribution in [0.25, 0.3) is 0 Å². The lowest BCUT2D eigenvalue weighted by Crippen LogP contribution is -2.03. The standard InChI is InChI=1S/C12H15N3O2/c1-2-13-12-14-11(15-17-12)8-9-16-10-6-4-3-5-7-10/h3-7H,2,8-9H2,1H3,(H,13,14,15). The zero-order valence-corrected chi connectivity index (χ0v) is 9.72. The van der Waals surface area contributed by atoms with Crippen molar-refractivity contribution in [2.24, 2.45) is 0 Å². The largest absolute Gasteiger partial charge is 0.493 e. The first-order chi connectivity index (χ1) is 8.38. The molecule has 5 heteroatoms. The molecule has 2 rings (SSSR count). The van der Waals surface area contributed by atoms with Crippen LogP contribution >= 0.6 is 0 Å². The molecule has 17 heavy (non-hydrogen) atoms. The van der Waals surface area contributed by atoms with Gasteiger partial charge in [0.2, 0.25) is 0 Å². The van der Waals surface area contributed by atoms with E-state index in [2.05, 4.69) is 15.5 Å². The summed E-state index contributed by atoms with van der Waals surface area (Å²) < 4.78 is 10.5. The van der Waals surface area contributed by atoms with Crippen LogP contribution in [-0.2, 0) is 6.42 Å². The zero-order chi connectivity index (χ0) is 11.9. The summed E-state index contributed by atoms with van der Waals surface area (Å²) in [6, 6.07) is 10.1. The van der Waals surface area contributed by atoms with E-state index in [-0.39, 0.29) is 0 Å². The van der Waals surface area contributed by atoms with Crippen molar-refractivity contribution in [1.82, 2.24) is 10.1 Å². The Morgan fingerprint density at radius 1 is 1.29 bits per heavy atom. The van der Waals surface area contributed by atoms with Gasteiger partial charge >= 0.3 is 6.01 Å². The van der Waals surface area contributed by atoms with Crippen molar-refractivity contribution in [1.29, 1.82) is 0 Å². The van der Waals surface area contributed by atoms with Crippen molar-refractivity contribution < 1.29 is 9.26 Å². The van der Waals surface area contributed by atoms with E-state index in [0.29, 0.717) is 24.9 Å². The molecule has 0 spiro atoms. The van der Waals surface area contributed by atoms with Gasteiger partial charge < -0.3 is 14.6 Å². The van der Waals surface area contributed by atoms with Crippen molar-refractivity contribution in [2.75, 3.05) is 18.5 Å². The summed E-state index contributed by atoms with van der Waals surface area (Å²) >= 11 is 0. The minimum absolute atomic E-state index is 0.460. The number of ether oxygens (including phenoxy) is 1. The average molecular weight is 233 g/mol. The van der Waals surface area contributed by atoms with E-state index >= 15 is 0 Å². The highest BCUT2D eigenvalue weighted by Gasteiger charge is 2.04. The van der Waals surface area contributed by atoms with E-state index in [4.69, 9.17) is 9.26 Å². The lowest BCUT2D eigenvalue weighted by atomic mass is 10.3. The number of benzene rings is 1. The van der Waals surface area contributed by atoms with Crippen molar-refractivity contribution in [3.63, 3.8) is 0 Å². The molecule has 1 heterocycles. The van der Waals surface area contributed by atoms with Gasteiger partial charge in [0, 0.05) is 13.0 Å². The third kappa shape index (κ3) is 3.48. The molecule has 2 aromatic rings. The molecule has 1 aromatic heterocycles. The highest BCUT2D eigenvalue weighted by molar-refractivity contribution is 5.21. The number of hydrogen-bond acceptors (Lipinski definition) is 5. The van der Waals surface area contributed by atoms with Crippen LogP contribution in [0, 0.1) is 0 Å². The minimum atomic E-state index is 0.460. The lowest BCUT2D eigenvalue weighted by molar-refractivity contribution is 0.315. The first-order valence-electron chi connectivity index (χ1n) is 5.63. The third-order valence-corrected chi connectivity index (χ3v) is 2.13. The maximum absolute atomic E-state index is 5.54. The summed E-state index contributed by atoms with van der Waals surface area (Å²) in [7, 11) is 0. The van der Waals surface area contributed by atoms with Crippen LogP contribution in [0.4, 0.5) is 6.01 Å². The normalized spacial score (nSPS) is 10.2. The van der Waals surface area contributed by atoms with Crippen molar-refractivity contribution in [3.8, 4) is 5.75 Å². The monoisotopic (exact) mass is 233 g/mol. The quantitative estimate of drug-likeness (QED) is 0.828. The molecule has 0 bridgehead atoms. The van der Waals surface area contributed by atoms with Gasteiger partial charge in [0.1, 0.15) is 5.75 Å². The maximum atomic E-state index is 5.54. The summed E-state index contributed by atoms with van der Waals surface area (Å²) in [4.78, 5) is 4.16. The summed E-state index contributed by atoms with van der Waals surface area (Å²) in [6.07, 6.45) is 0.629. The van der Waals surface area contributed by atoms with Crippen molar-refractivity contribution in [3.05, 3.63) is 36.2 Å². The second-order valence-corrected chi connectivity index (χ2v) is 3.46. The average Bonchev–Trinajstić information content (AvgIpc) is 2.79. The van der Waals surface area contributed by atoms with Gasteiger partial charge in [0.15, 0.2) is 5.82 Å². The molecule has 0 unspecified atom stereocenters. The van der Waals surface area contributed by atoms with E-state index in [1.165, 1.54) is 0 Å². The number of rotatable bonds is 6. The van der Waals surface area contributed by atoms with Crippen LogP contribution in [0.2, 0.25) is 0 Å². The molecule has 0 radical (unpaired) electrons. The summed E-state index contributed by atoms with van der Waals surface area (Å²) in [6.45, 7) is 3.28. The number of hydrogen-bond donors (Lipinski definition) is 1. The van der Waals surface area contributed by atoms with Crippen LogP contribution in [0.15, 0.2) is 34.9 Å². The first kappa shape index (κ1) is 11.4. The molecular weight excluding hydrogens is 218 g/mol. The predicted octanol–water partition coefficient (Wildman–Crippen LogP) is 2.12. The summed E-state index contributed by atoms with van der Waals surface area (Å²) in [5, 5.41) is 6.79. The molecule has 0 atom stereocenters. The fraction of sp³-hybridized carbons (Fsp3) is 0.333. The van der Waals surface area contributed by atoms with Gasteiger partial charge in [-0.1, -0.05) is 23.4 Å². The number of aromatic nitrogens is 2. The summed E-state index contributed by atoms with van der Waals surface area (Å²) in [5.74, 6) is 1.50. The SMILES string of the molecule is CCNc1nc(CCOc2ccccc2)no1. The van der Waals surface area contributed by atoms with E-state index in [1.54, 1.807) is 0 Å². The molecule has 1 N–H and O–H groups in total. The molecule has 0 saturated heterocycles. The number of para-hydroxylation sites is 1. The lowest BCUT2D eigenvalue weighted by Gasteiger charge is -2.02. The van der Waals surface area contributed by atoms with Gasteiger partial charge in [-0.05, 0) is 19.1 Å². The van der Waals surface area contributed by atoms with Crippen LogP contribution in [-0.4, -0.2) is 23.3 Å². The van der Waals surface area contributed by atoms with Gasteiger partial charge in [-0.2, -0.15) is 4.98 Å². The predicted molar refractivity (Wildman–Crippen MR) is 64.1 cm³/mol. The van der Waals surface area contributed by atoms with Gasteiger partial charge in [0.05, 0.1) is 6.61 Å². The fourth-order valence-electron chi connectivity index (χ4n) is 1.36. The van der Waals surface area contributed by atoms with E-state index in [0.717, 1.165) is 12.3 Å². The Balaban J connectivity index is 1.78. The van der Waals surface area contributed by atoms with Gasteiger partial charge in [-0.3, -0.25) is 0 Å². The molecule has 0 aliphatic rings. The first-order valence-corrected chi connectivity index (χ1v) is 5.63. The van der Waals surface area contributed by atoms with Gasteiger partial charge in [-0.15, -0.1) is 0 Å². The van der Waals surface area contributed by atoms with Crippen LogP contribution in [0.3, 0.4) is 0 Å². The van der Waals surface area contributed by atoms with Crippen LogP contribution < -0.4 is 10.1 Å². The van der Waals surface area contributed by atoms with Gasteiger partial charge in [-0.25, -0.2) is 0 Å². The molecule has 0 fully saturated rings. The highest BCUT2D eigenvalue weighted by Crippen LogP contribution is 2.09. The Kier molecular flexibility index (Phi) is 3.96. The van der Waals surface area contributed by atoms with E-state index in [9.17, 15) is 0 Å². The molecular formula is C12H15N3O2. The number of anilines is 1. The van der Waals surface area contributed by atoms with E-state index in [1.807, 2.05) is 37.3 Å². The molecule has 90 valence electrons. The molecule has 0 amide bonds.